The van der Waals surface area contributed by atoms with E-state index in [0.29, 0.717) is 30.4 Å². The van der Waals surface area contributed by atoms with Gasteiger partial charge in [-0.3, -0.25) is 4.79 Å². The first-order valence-corrected chi connectivity index (χ1v) is 9.45. The van der Waals surface area contributed by atoms with Crippen molar-refractivity contribution in [3.63, 3.8) is 0 Å². The smallest absolute Gasteiger partial charge is 0.335 e. The Hall–Kier alpha value is -4.88. The van der Waals surface area contributed by atoms with Crippen molar-refractivity contribution in [3.8, 4) is 18.2 Å². The lowest BCUT2D eigenvalue weighted by Gasteiger charge is -2.18. The first kappa shape index (κ1) is 21.8. The van der Waals surface area contributed by atoms with Crippen LogP contribution in [0.5, 0.6) is 0 Å². The maximum absolute atomic E-state index is 12.9. The molecule has 1 aromatic carbocycles. The molecule has 0 atom stereocenters. The van der Waals surface area contributed by atoms with Crippen LogP contribution in [-0.4, -0.2) is 35.8 Å². The molecule has 2 heterocycles. The van der Waals surface area contributed by atoms with E-state index in [9.17, 15) is 14.9 Å². The topological polar surface area (TPSA) is 158 Å². The number of carboxylic acid groups (broad SMARTS) is 1. The van der Waals surface area contributed by atoms with Crippen molar-refractivity contribution in [2.24, 2.45) is 5.10 Å². The molecule has 10 nitrogen and oxygen atoms in total. The number of carbonyl (C=O) groups is 2. The minimum Gasteiger partial charge on any atom is -0.478 e. The van der Waals surface area contributed by atoms with E-state index >= 15 is 0 Å². The third-order valence-corrected chi connectivity index (χ3v) is 4.54. The number of furan rings is 1. The van der Waals surface area contributed by atoms with Gasteiger partial charge < -0.3 is 14.4 Å². The van der Waals surface area contributed by atoms with Crippen LogP contribution in [0.4, 0.5) is 11.6 Å². The van der Waals surface area contributed by atoms with Crippen LogP contribution < -0.4 is 9.91 Å². The Bertz CT molecular complexity index is 1200. The highest BCUT2D eigenvalue weighted by atomic mass is 16.4. The maximum Gasteiger partial charge on any atom is 0.335 e. The summed E-state index contributed by atoms with van der Waals surface area (Å²) in [6, 6.07) is 14.8. The molecule has 0 radical (unpaired) electrons. The molecule has 1 aliphatic heterocycles. The number of nitrogens with zero attached hydrogens (tertiary/aromatic N) is 6. The summed E-state index contributed by atoms with van der Waals surface area (Å²) in [7, 11) is 0. The molecule has 0 aliphatic carbocycles. The largest absolute Gasteiger partial charge is 0.478 e. The van der Waals surface area contributed by atoms with Crippen LogP contribution in [0.25, 0.3) is 6.08 Å². The van der Waals surface area contributed by atoms with Crippen LogP contribution in [-0.2, 0) is 4.79 Å². The van der Waals surface area contributed by atoms with Gasteiger partial charge in [-0.15, -0.1) is 0 Å². The zero-order valence-corrected chi connectivity index (χ0v) is 16.7. The number of carboxylic acids is 1. The van der Waals surface area contributed by atoms with Crippen molar-refractivity contribution in [3.05, 3.63) is 53.3 Å². The first-order chi connectivity index (χ1) is 15.5. The van der Waals surface area contributed by atoms with Crippen molar-refractivity contribution in [1.82, 2.24) is 0 Å². The molecule has 1 amide bonds. The van der Waals surface area contributed by atoms with Gasteiger partial charge in [-0.1, -0.05) is 0 Å². The predicted molar refractivity (Wildman–Crippen MR) is 113 cm³/mol. The number of benzene rings is 1. The van der Waals surface area contributed by atoms with E-state index < -0.39 is 11.9 Å². The van der Waals surface area contributed by atoms with Gasteiger partial charge in [0.1, 0.15) is 11.8 Å². The average Bonchev–Trinajstić information content (AvgIpc) is 3.39. The molecule has 158 valence electrons. The fourth-order valence-corrected chi connectivity index (χ4v) is 2.98. The van der Waals surface area contributed by atoms with Crippen LogP contribution in [0.15, 0.2) is 51.5 Å². The van der Waals surface area contributed by atoms with Crippen LogP contribution in [0.1, 0.15) is 29.0 Å². The van der Waals surface area contributed by atoms with Crippen LogP contribution in [0, 0.1) is 34.0 Å². The van der Waals surface area contributed by atoms with E-state index in [-0.39, 0.29) is 29.7 Å². The summed E-state index contributed by atoms with van der Waals surface area (Å²) in [5.41, 5.74) is 0.286. The maximum atomic E-state index is 12.9. The Morgan fingerprint density at radius 1 is 1.09 bits per heavy atom. The number of nitriles is 3. The van der Waals surface area contributed by atoms with Crippen LogP contribution in [0.3, 0.4) is 0 Å². The summed E-state index contributed by atoms with van der Waals surface area (Å²) in [5.74, 6) is -0.927. The van der Waals surface area contributed by atoms with Crippen molar-refractivity contribution < 1.29 is 19.1 Å². The molecule has 1 N–H and O–H groups in total. The number of carbonyl (C=O) groups excluding carboxylic acids is 1. The van der Waals surface area contributed by atoms with Gasteiger partial charge in [-0.05, 0) is 36.4 Å². The fraction of sp³-hybridized carbons (Fsp3) is 0.182. The number of hydrogen-bond donors (Lipinski definition) is 1. The average molecular weight is 428 g/mol. The standard InChI is InChI=1S/C22H16N6O4/c23-9-1-11-27(12-2-10-24)20-8-7-17(32-20)13-18-19(14-25)26-28(21(18)29)16-5-3-15(4-6-16)22(30)31/h3-8,13H,1-2,11-12H2,(H,30,31)/b18-13+. The zero-order chi connectivity index (χ0) is 23.1. The lowest BCUT2D eigenvalue weighted by Crippen LogP contribution is -2.24. The Morgan fingerprint density at radius 3 is 2.31 bits per heavy atom. The van der Waals surface area contributed by atoms with E-state index in [2.05, 4.69) is 5.10 Å². The van der Waals surface area contributed by atoms with Crippen LogP contribution >= 0.6 is 0 Å². The minimum absolute atomic E-state index is 0.0244. The number of aromatic carboxylic acids is 1. The van der Waals surface area contributed by atoms with Gasteiger partial charge in [-0.25, -0.2) is 4.79 Å². The lowest BCUT2D eigenvalue weighted by molar-refractivity contribution is -0.114. The molecule has 3 rings (SSSR count). The van der Waals surface area contributed by atoms with Crippen molar-refractivity contribution >= 4 is 35.2 Å². The van der Waals surface area contributed by atoms with Crippen molar-refractivity contribution in [2.75, 3.05) is 23.0 Å². The molecule has 32 heavy (non-hydrogen) atoms. The van der Waals surface area contributed by atoms with E-state index in [1.807, 2.05) is 18.2 Å². The molecule has 2 aromatic rings. The predicted octanol–water partition coefficient (Wildman–Crippen LogP) is 2.92. The van der Waals surface area contributed by atoms with Gasteiger partial charge in [0, 0.05) is 19.2 Å². The minimum atomic E-state index is -1.10. The Morgan fingerprint density at radius 2 is 1.75 bits per heavy atom. The number of hydrogen-bond acceptors (Lipinski definition) is 8. The number of anilines is 2. The van der Waals surface area contributed by atoms with Gasteiger partial charge in [0.05, 0.1) is 41.8 Å². The highest BCUT2D eigenvalue weighted by Gasteiger charge is 2.32. The molecular weight excluding hydrogens is 412 g/mol. The second-order valence-corrected chi connectivity index (χ2v) is 6.57. The molecule has 0 bridgehead atoms. The van der Waals surface area contributed by atoms with E-state index in [4.69, 9.17) is 20.0 Å². The molecule has 0 saturated heterocycles. The molecule has 1 aliphatic rings. The summed E-state index contributed by atoms with van der Waals surface area (Å²) in [5, 5.41) is 41.1. The highest BCUT2D eigenvalue weighted by molar-refractivity contribution is 6.37. The normalized spacial score (nSPS) is 13.9. The first-order valence-electron chi connectivity index (χ1n) is 9.45. The second kappa shape index (κ2) is 9.75. The van der Waals surface area contributed by atoms with Crippen molar-refractivity contribution in [2.45, 2.75) is 12.8 Å². The summed E-state index contributed by atoms with van der Waals surface area (Å²) in [6.07, 6.45) is 1.90. The molecule has 1 aromatic heterocycles. The quantitative estimate of drug-likeness (QED) is 0.629. The molecule has 0 fully saturated rings. The molecule has 10 heteroatoms. The third kappa shape index (κ3) is 4.64. The monoisotopic (exact) mass is 428 g/mol. The zero-order valence-electron chi connectivity index (χ0n) is 16.7. The number of hydrazone groups is 1. The third-order valence-electron chi connectivity index (χ3n) is 4.54. The van der Waals surface area contributed by atoms with Crippen LogP contribution in [0.2, 0.25) is 0 Å². The molecular formula is C22H16N6O4. The van der Waals surface area contributed by atoms with E-state index in [1.165, 1.54) is 30.3 Å². The summed E-state index contributed by atoms with van der Waals surface area (Å²) in [6.45, 7) is 0.761. The second-order valence-electron chi connectivity index (χ2n) is 6.57. The van der Waals surface area contributed by atoms with Crippen molar-refractivity contribution in [1.29, 1.82) is 15.8 Å². The van der Waals surface area contributed by atoms with E-state index in [1.54, 1.807) is 17.0 Å². The van der Waals surface area contributed by atoms with Gasteiger partial charge >= 0.3 is 5.97 Å². The Kier molecular flexibility index (Phi) is 6.65. The van der Waals surface area contributed by atoms with Gasteiger partial charge in [0.15, 0.2) is 11.6 Å². The van der Waals surface area contributed by atoms with Gasteiger partial charge in [-0.2, -0.15) is 25.9 Å². The summed E-state index contributed by atoms with van der Waals surface area (Å²) >= 11 is 0. The molecule has 0 saturated carbocycles. The lowest BCUT2D eigenvalue weighted by atomic mass is 10.1. The van der Waals surface area contributed by atoms with Gasteiger partial charge in [0.2, 0.25) is 0 Å². The molecule has 0 spiro atoms. The summed E-state index contributed by atoms with van der Waals surface area (Å²) < 4.78 is 5.76. The number of amides is 1. The summed E-state index contributed by atoms with van der Waals surface area (Å²) in [4.78, 5) is 25.6. The van der Waals surface area contributed by atoms with Gasteiger partial charge in [0.25, 0.3) is 5.91 Å². The number of rotatable bonds is 8. The molecule has 0 unspecified atom stereocenters. The fourth-order valence-electron chi connectivity index (χ4n) is 2.98. The van der Waals surface area contributed by atoms with E-state index in [0.717, 1.165) is 5.01 Å². The Labute approximate surface area is 183 Å². The highest BCUT2D eigenvalue weighted by Crippen LogP contribution is 2.27. The Balaban J connectivity index is 1.85. The SMILES string of the molecule is N#CCCN(CCC#N)c1ccc(/C=C2/C(=O)N(c3ccc(C(=O)O)cc3)N=C2C#N)o1.